The van der Waals surface area contributed by atoms with E-state index < -0.39 is 0 Å². The number of benzene rings is 1. The Hall–Kier alpha value is -3.16. The lowest BCUT2D eigenvalue weighted by Gasteiger charge is -2.23. The van der Waals surface area contributed by atoms with Gasteiger partial charge in [0.1, 0.15) is 12.1 Å². The van der Waals surface area contributed by atoms with Gasteiger partial charge in [0.05, 0.1) is 12.4 Å². The lowest BCUT2D eigenvalue weighted by molar-refractivity contribution is -0.121. The van der Waals surface area contributed by atoms with Gasteiger partial charge in [-0.1, -0.05) is 12.1 Å². The molecule has 1 saturated heterocycles. The van der Waals surface area contributed by atoms with Crippen molar-refractivity contribution in [1.82, 2.24) is 19.9 Å². The van der Waals surface area contributed by atoms with Crippen LogP contribution in [0.15, 0.2) is 39.8 Å². The van der Waals surface area contributed by atoms with Crippen molar-refractivity contribution in [2.75, 3.05) is 18.0 Å². The second-order valence-electron chi connectivity index (χ2n) is 7.15. The lowest BCUT2D eigenvalue weighted by Crippen LogP contribution is -2.42. The normalized spacial score (nSPS) is 16.6. The van der Waals surface area contributed by atoms with Crippen LogP contribution >= 0.6 is 0 Å². The number of rotatable bonds is 5. The maximum atomic E-state index is 12.3. The third-order valence-corrected chi connectivity index (χ3v) is 5.27. The molecule has 1 atom stereocenters. The van der Waals surface area contributed by atoms with Gasteiger partial charge in [0.15, 0.2) is 5.58 Å². The zero-order chi connectivity index (χ0) is 19.7. The Labute approximate surface area is 162 Å². The number of hydrogen-bond acceptors (Lipinski definition) is 6. The quantitative estimate of drug-likeness (QED) is 0.724. The maximum Gasteiger partial charge on any atom is 0.298 e. The topological polar surface area (TPSA) is 93.3 Å². The molecule has 1 unspecified atom stereocenters. The average Bonchev–Trinajstić information content (AvgIpc) is 3.33. The number of oxazole rings is 1. The van der Waals surface area contributed by atoms with Crippen LogP contribution in [0.4, 0.5) is 6.01 Å². The third-order valence-electron chi connectivity index (χ3n) is 5.27. The van der Waals surface area contributed by atoms with Gasteiger partial charge in [0.25, 0.3) is 11.6 Å². The summed E-state index contributed by atoms with van der Waals surface area (Å²) >= 11 is 0. The molecule has 0 spiro atoms. The zero-order valence-corrected chi connectivity index (χ0v) is 16.0. The van der Waals surface area contributed by atoms with E-state index in [0.717, 1.165) is 30.5 Å². The van der Waals surface area contributed by atoms with E-state index in [1.807, 2.05) is 24.3 Å². The van der Waals surface area contributed by atoms with E-state index in [1.165, 1.54) is 10.9 Å². The predicted molar refractivity (Wildman–Crippen MR) is 105 cm³/mol. The second kappa shape index (κ2) is 7.46. The van der Waals surface area contributed by atoms with E-state index in [2.05, 4.69) is 20.2 Å². The van der Waals surface area contributed by atoms with Crippen molar-refractivity contribution in [2.24, 2.45) is 0 Å². The summed E-state index contributed by atoms with van der Waals surface area (Å²) in [6.45, 7) is 4.78. The van der Waals surface area contributed by atoms with E-state index >= 15 is 0 Å². The number of nitrogens with one attached hydrogen (secondary N) is 1. The number of aryl methyl sites for hydroxylation is 1. The van der Waals surface area contributed by atoms with Crippen LogP contribution in [0.25, 0.3) is 11.1 Å². The van der Waals surface area contributed by atoms with Crippen LogP contribution in [-0.4, -0.2) is 39.6 Å². The van der Waals surface area contributed by atoms with Gasteiger partial charge >= 0.3 is 0 Å². The van der Waals surface area contributed by atoms with E-state index in [-0.39, 0.29) is 24.1 Å². The molecule has 1 N–H and O–H groups in total. The molecule has 146 valence electrons. The smallest absolute Gasteiger partial charge is 0.298 e. The van der Waals surface area contributed by atoms with Crippen molar-refractivity contribution in [3.8, 4) is 0 Å². The molecule has 1 amide bonds. The highest BCUT2D eigenvalue weighted by Gasteiger charge is 2.28. The Morgan fingerprint density at radius 3 is 2.96 bits per heavy atom. The lowest BCUT2D eigenvalue weighted by atomic mass is 10.2. The zero-order valence-electron chi connectivity index (χ0n) is 16.0. The molecule has 1 aliphatic heterocycles. The number of amides is 1. The van der Waals surface area contributed by atoms with Crippen LogP contribution in [0.2, 0.25) is 0 Å². The van der Waals surface area contributed by atoms with Crippen molar-refractivity contribution in [3.05, 3.63) is 52.2 Å². The van der Waals surface area contributed by atoms with Gasteiger partial charge < -0.3 is 14.6 Å². The Balaban J connectivity index is 1.40. The minimum absolute atomic E-state index is 0.0391. The Kier molecular flexibility index (Phi) is 4.85. The SMILES string of the molecule is Cc1ncn(CC(=O)NCC2CCCN2c2nc3ccccc3o2)c(=O)c1C. The third kappa shape index (κ3) is 3.49. The first-order chi connectivity index (χ1) is 13.5. The molecule has 3 aromatic rings. The molecule has 1 fully saturated rings. The monoisotopic (exact) mass is 381 g/mol. The number of fused-ring (bicyclic) bond motifs is 1. The molecule has 28 heavy (non-hydrogen) atoms. The Morgan fingerprint density at radius 2 is 2.14 bits per heavy atom. The minimum atomic E-state index is -0.212. The largest absolute Gasteiger partial charge is 0.423 e. The van der Waals surface area contributed by atoms with E-state index in [9.17, 15) is 9.59 Å². The molecule has 1 aliphatic rings. The van der Waals surface area contributed by atoms with Crippen molar-refractivity contribution in [2.45, 2.75) is 39.3 Å². The van der Waals surface area contributed by atoms with Gasteiger partial charge in [-0.05, 0) is 38.8 Å². The van der Waals surface area contributed by atoms with Gasteiger partial charge in [0, 0.05) is 24.3 Å². The number of carbonyl (C=O) groups is 1. The first-order valence-corrected chi connectivity index (χ1v) is 9.44. The molecule has 0 saturated carbocycles. The van der Waals surface area contributed by atoms with Crippen molar-refractivity contribution in [3.63, 3.8) is 0 Å². The van der Waals surface area contributed by atoms with E-state index in [0.29, 0.717) is 23.8 Å². The average molecular weight is 381 g/mol. The number of carbonyl (C=O) groups excluding carboxylic acids is 1. The second-order valence-corrected chi connectivity index (χ2v) is 7.15. The molecule has 8 nitrogen and oxygen atoms in total. The summed E-state index contributed by atoms with van der Waals surface area (Å²) in [4.78, 5) is 35.4. The van der Waals surface area contributed by atoms with Crippen molar-refractivity contribution >= 4 is 23.0 Å². The molecule has 0 radical (unpaired) electrons. The summed E-state index contributed by atoms with van der Waals surface area (Å²) in [6.07, 6.45) is 3.38. The number of aromatic nitrogens is 3. The van der Waals surface area contributed by atoms with E-state index in [1.54, 1.807) is 13.8 Å². The molecule has 3 heterocycles. The van der Waals surface area contributed by atoms with Crippen LogP contribution in [-0.2, 0) is 11.3 Å². The fourth-order valence-electron chi connectivity index (χ4n) is 3.51. The minimum Gasteiger partial charge on any atom is -0.423 e. The highest BCUT2D eigenvalue weighted by atomic mass is 16.4. The van der Waals surface area contributed by atoms with Gasteiger partial charge in [-0.2, -0.15) is 4.98 Å². The van der Waals surface area contributed by atoms with Crippen LogP contribution < -0.4 is 15.8 Å². The van der Waals surface area contributed by atoms with Crippen LogP contribution in [0.5, 0.6) is 0 Å². The van der Waals surface area contributed by atoms with Gasteiger partial charge in [-0.15, -0.1) is 0 Å². The van der Waals surface area contributed by atoms with Crippen molar-refractivity contribution in [1.29, 1.82) is 0 Å². The molecular weight excluding hydrogens is 358 g/mol. The predicted octanol–water partition coefficient (Wildman–Crippen LogP) is 1.79. The fraction of sp³-hybridized carbons (Fsp3) is 0.400. The number of nitrogens with zero attached hydrogens (tertiary/aromatic N) is 4. The Morgan fingerprint density at radius 1 is 1.32 bits per heavy atom. The fourth-order valence-corrected chi connectivity index (χ4v) is 3.51. The summed E-state index contributed by atoms with van der Waals surface area (Å²) in [5.74, 6) is -0.212. The first-order valence-electron chi connectivity index (χ1n) is 9.44. The van der Waals surface area contributed by atoms with Crippen LogP contribution in [0.3, 0.4) is 0 Å². The molecule has 0 aliphatic carbocycles. The first kappa shape index (κ1) is 18.2. The Bertz CT molecular complexity index is 1040. The molecule has 8 heteroatoms. The summed E-state index contributed by atoms with van der Waals surface area (Å²) in [5.41, 5.74) is 2.65. The highest BCUT2D eigenvalue weighted by molar-refractivity contribution is 5.76. The number of para-hydroxylation sites is 2. The van der Waals surface area contributed by atoms with E-state index in [4.69, 9.17) is 4.42 Å². The molecular formula is C20H23N5O3. The molecule has 0 bridgehead atoms. The number of hydrogen-bond donors (Lipinski definition) is 1. The van der Waals surface area contributed by atoms with Crippen molar-refractivity contribution < 1.29 is 9.21 Å². The van der Waals surface area contributed by atoms with Gasteiger partial charge in [-0.3, -0.25) is 14.2 Å². The van der Waals surface area contributed by atoms with Crippen LogP contribution in [0, 0.1) is 13.8 Å². The van der Waals surface area contributed by atoms with Gasteiger partial charge in [0.2, 0.25) is 5.91 Å². The van der Waals surface area contributed by atoms with Crippen LogP contribution in [0.1, 0.15) is 24.1 Å². The highest BCUT2D eigenvalue weighted by Crippen LogP contribution is 2.27. The summed E-state index contributed by atoms with van der Waals surface area (Å²) in [6, 6.07) is 8.38. The number of anilines is 1. The summed E-state index contributed by atoms with van der Waals surface area (Å²) < 4.78 is 7.21. The molecule has 4 rings (SSSR count). The molecule has 1 aromatic carbocycles. The van der Waals surface area contributed by atoms with Gasteiger partial charge in [-0.25, -0.2) is 4.98 Å². The standard InChI is InChI=1S/C20H23N5O3/c1-13-14(2)22-12-24(19(13)27)11-18(26)21-10-15-6-5-9-25(15)20-23-16-7-3-4-8-17(16)28-20/h3-4,7-8,12,15H,5-6,9-11H2,1-2H3,(H,21,26). The maximum absolute atomic E-state index is 12.3. The molecule has 2 aromatic heterocycles. The summed E-state index contributed by atoms with van der Waals surface area (Å²) in [7, 11) is 0. The summed E-state index contributed by atoms with van der Waals surface area (Å²) in [5, 5.41) is 2.93.